The van der Waals surface area contributed by atoms with Gasteiger partial charge < -0.3 is 10.5 Å². The van der Waals surface area contributed by atoms with Crippen LogP contribution in [0.5, 0.6) is 0 Å². The number of hydrogen-bond donors (Lipinski definition) is 2. The SMILES string of the molecule is Nc1cc(F)cc2c(=O)[nH]nc(C(CC3CCOC3)c3ccc(F)cc3F)c12. The normalized spacial score (nSPS) is 17.9. The molecule has 4 rings (SSSR count). The molecule has 0 saturated carbocycles. The summed E-state index contributed by atoms with van der Waals surface area (Å²) in [6.45, 7) is 1.13. The van der Waals surface area contributed by atoms with Crippen molar-refractivity contribution < 1.29 is 17.9 Å². The number of H-pyrrole nitrogens is 1. The van der Waals surface area contributed by atoms with Crippen LogP contribution in [-0.2, 0) is 4.74 Å². The number of aromatic amines is 1. The zero-order valence-corrected chi connectivity index (χ0v) is 14.8. The third-order valence-electron chi connectivity index (χ3n) is 5.17. The molecule has 28 heavy (non-hydrogen) atoms. The monoisotopic (exact) mass is 389 g/mol. The van der Waals surface area contributed by atoms with Gasteiger partial charge in [0.15, 0.2) is 0 Å². The van der Waals surface area contributed by atoms with Crippen molar-refractivity contribution in [1.29, 1.82) is 0 Å². The van der Waals surface area contributed by atoms with Gasteiger partial charge in [0, 0.05) is 36.3 Å². The standard InChI is InChI=1S/C20H18F3N3O2/c21-11-1-2-13(16(23)7-11)14(5-10-3-4-28-9-10)19-18-15(20(27)26-25-19)6-12(22)8-17(18)24/h1-2,6-8,10,14H,3-5,9,24H2,(H,26,27). The zero-order valence-electron chi connectivity index (χ0n) is 14.8. The fourth-order valence-corrected chi connectivity index (χ4v) is 3.84. The Morgan fingerprint density at radius 2 is 2.04 bits per heavy atom. The molecule has 146 valence electrons. The van der Waals surface area contributed by atoms with Gasteiger partial charge in [-0.2, -0.15) is 5.10 Å². The van der Waals surface area contributed by atoms with Crippen molar-refractivity contribution in [1.82, 2.24) is 10.2 Å². The smallest absolute Gasteiger partial charge is 0.272 e. The summed E-state index contributed by atoms with van der Waals surface area (Å²) in [5.41, 5.74) is 6.01. The Morgan fingerprint density at radius 3 is 2.75 bits per heavy atom. The van der Waals surface area contributed by atoms with Gasteiger partial charge in [-0.3, -0.25) is 4.79 Å². The van der Waals surface area contributed by atoms with Gasteiger partial charge in [-0.1, -0.05) is 6.07 Å². The van der Waals surface area contributed by atoms with Crippen molar-refractivity contribution in [3.8, 4) is 0 Å². The largest absolute Gasteiger partial charge is 0.398 e. The molecule has 1 aliphatic heterocycles. The molecular weight excluding hydrogens is 371 g/mol. The lowest BCUT2D eigenvalue weighted by atomic mass is 9.84. The van der Waals surface area contributed by atoms with Crippen molar-refractivity contribution >= 4 is 16.5 Å². The van der Waals surface area contributed by atoms with Gasteiger partial charge in [0.1, 0.15) is 17.5 Å². The van der Waals surface area contributed by atoms with Crippen LogP contribution < -0.4 is 11.3 Å². The van der Waals surface area contributed by atoms with Crippen LogP contribution in [0, 0.1) is 23.4 Å². The van der Waals surface area contributed by atoms with E-state index in [2.05, 4.69) is 10.2 Å². The van der Waals surface area contributed by atoms with Crippen LogP contribution in [0.1, 0.15) is 30.0 Å². The Kier molecular flexibility index (Phi) is 4.80. The molecular formula is C20H18F3N3O2. The summed E-state index contributed by atoms with van der Waals surface area (Å²) in [6, 6.07) is 5.53. The number of rotatable bonds is 4. The number of benzene rings is 2. The number of nitrogens with zero attached hydrogens (tertiary/aromatic N) is 1. The van der Waals surface area contributed by atoms with Crippen LogP contribution in [0.4, 0.5) is 18.9 Å². The van der Waals surface area contributed by atoms with Crippen LogP contribution in [0.25, 0.3) is 10.8 Å². The van der Waals surface area contributed by atoms with Gasteiger partial charge in [0.05, 0.1) is 11.1 Å². The molecule has 1 saturated heterocycles. The van der Waals surface area contributed by atoms with E-state index >= 15 is 0 Å². The molecule has 2 unspecified atom stereocenters. The number of halogens is 3. The van der Waals surface area contributed by atoms with Crippen LogP contribution in [-0.4, -0.2) is 23.4 Å². The quantitative estimate of drug-likeness (QED) is 0.670. The highest BCUT2D eigenvalue weighted by Gasteiger charge is 2.29. The van der Waals surface area contributed by atoms with E-state index in [-0.39, 0.29) is 27.9 Å². The maximum absolute atomic E-state index is 14.6. The number of nitrogen functional groups attached to an aromatic ring is 1. The van der Waals surface area contributed by atoms with Gasteiger partial charge in [-0.05, 0) is 42.5 Å². The minimum atomic E-state index is -0.717. The van der Waals surface area contributed by atoms with E-state index in [0.717, 1.165) is 24.6 Å². The molecule has 1 aromatic heterocycles. The van der Waals surface area contributed by atoms with Crippen molar-refractivity contribution in [2.75, 3.05) is 18.9 Å². The molecule has 3 aromatic rings. The van der Waals surface area contributed by atoms with Crippen LogP contribution in [0.3, 0.4) is 0 Å². The minimum Gasteiger partial charge on any atom is -0.398 e. The van der Waals surface area contributed by atoms with E-state index in [1.807, 2.05) is 0 Å². The lowest BCUT2D eigenvalue weighted by Gasteiger charge is -2.22. The Labute approximate surface area is 158 Å². The van der Waals surface area contributed by atoms with Crippen LogP contribution >= 0.6 is 0 Å². The maximum atomic E-state index is 14.6. The average molecular weight is 389 g/mol. The van der Waals surface area contributed by atoms with Crippen molar-refractivity contribution in [3.05, 3.63) is 69.4 Å². The Hall–Kier alpha value is -2.87. The predicted molar refractivity (Wildman–Crippen MR) is 98.5 cm³/mol. The highest BCUT2D eigenvalue weighted by Crippen LogP contribution is 2.38. The summed E-state index contributed by atoms with van der Waals surface area (Å²) >= 11 is 0. The topological polar surface area (TPSA) is 81.0 Å². The van der Waals surface area contributed by atoms with Crippen molar-refractivity contribution in [3.63, 3.8) is 0 Å². The first-order valence-electron chi connectivity index (χ1n) is 8.94. The minimum absolute atomic E-state index is 0.0395. The number of fused-ring (bicyclic) bond motifs is 1. The number of nitrogens with two attached hydrogens (primary N) is 1. The molecule has 0 amide bonds. The van der Waals surface area contributed by atoms with Crippen LogP contribution in [0.2, 0.25) is 0 Å². The summed E-state index contributed by atoms with van der Waals surface area (Å²) < 4.78 is 47.3. The zero-order chi connectivity index (χ0) is 19.8. The molecule has 2 aromatic carbocycles. The van der Waals surface area contributed by atoms with Crippen molar-refractivity contribution in [2.24, 2.45) is 5.92 Å². The van der Waals surface area contributed by atoms with E-state index in [1.165, 1.54) is 12.1 Å². The molecule has 5 nitrogen and oxygen atoms in total. The Bertz CT molecular complexity index is 1090. The molecule has 2 atom stereocenters. The molecule has 0 radical (unpaired) electrons. The molecule has 0 spiro atoms. The van der Waals surface area contributed by atoms with Gasteiger partial charge in [-0.15, -0.1) is 0 Å². The lowest BCUT2D eigenvalue weighted by molar-refractivity contribution is 0.183. The highest BCUT2D eigenvalue weighted by atomic mass is 19.1. The van der Waals surface area contributed by atoms with E-state index < -0.39 is 28.9 Å². The molecule has 3 N–H and O–H groups in total. The first-order valence-corrected chi connectivity index (χ1v) is 8.94. The summed E-state index contributed by atoms with van der Waals surface area (Å²) in [6.07, 6.45) is 1.26. The van der Waals surface area contributed by atoms with Crippen LogP contribution in [0.15, 0.2) is 35.1 Å². The fourth-order valence-electron chi connectivity index (χ4n) is 3.84. The summed E-state index contributed by atoms with van der Waals surface area (Å²) in [4.78, 5) is 12.2. The molecule has 2 heterocycles. The third-order valence-corrected chi connectivity index (χ3v) is 5.17. The summed E-state index contributed by atoms with van der Waals surface area (Å²) in [5.74, 6) is -2.53. The second kappa shape index (κ2) is 7.27. The fraction of sp³-hybridized carbons (Fsp3) is 0.300. The second-order valence-electron chi connectivity index (χ2n) is 7.04. The summed E-state index contributed by atoms with van der Waals surface area (Å²) in [7, 11) is 0. The lowest BCUT2D eigenvalue weighted by Crippen LogP contribution is -2.18. The molecule has 1 fully saturated rings. The van der Waals surface area contributed by atoms with Crippen molar-refractivity contribution in [2.45, 2.75) is 18.8 Å². The molecule has 0 aliphatic carbocycles. The Morgan fingerprint density at radius 1 is 1.21 bits per heavy atom. The number of anilines is 1. The molecule has 0 bridgehead atoms. The number of aromatic nitrogens is 2. The highest BCUT2D eigenvalue weighted by molar-refractivity contribution is 5.94. The molecule has 1 aliphatic rings. The van der Waals surface area contributed by atoms with E-state index in [4.69, 9.17) is 10.5 Å². The average Bonchev–Trinajstić information content (AvgIpc) is 3.14. The maximum Gasteiger partial charge on any atom is 0.272 e. The second-order valence-corrected chi connectivity index (χ2v) is 7.04. The van der Waals surface area contributed by atoms with E-state index in [1.54, 1.807) is 0 Å². The number of hydrogen-bond acceptors (Lipinski definition) is 4. The summed E-state index contributed by atoms with van der Waals surface area (Å²) in [5, 5.41) is 6.80. The number of nitrogens with one attached hydrogen (secondary N) is 1. The first kappa shape index (κ1) is 18.5. The van der Waals surface area contributed by atoms with E-state index in [0.29, 0.717) is 25.3 Å². The third kappa shape index (κ3) is 3.35. The Balaban J connectivity index is 1.94. The van der Waals surface area contributed by atoms with Gasteiger partial charge in [-0.25, -0.2) is 18.3 Å². The van der Waals surface area contributed by atoms with Gasteiger partial charge in [0.2, 0.25) is 0 Å². The first-order chi connectivity index (χ1) is 13.4. The van der Waals surface area contributed by atoms with E-state index in [9.17, 15) is 18.0 Å². The van der Waals surface area contributed by atoms with Gasteiger partial charge in [0.25, 0.3) is 5.56 Å². The van der Waals surface area contributed by atoms with Gasteiger partial charge >= 0.3 is 0 Å². The predicted octanol–water partition coefficient (Wildman–Crippen LogP) is 3.48. The molecule has 8 heteroatoms. The number of ether oxygens (including phenoxy) is 1.